The van der Waals surface area contributed by atoms with Gasteiger partial charge in [-0.2, -0.15) is 0 Å². The van der Waals surface area contributed by atoms with Gasteiger partial charge in [-0.1, -0.05) is 12.1 Å². The first kappa shape index (κ1) is 12.0. The van der Waals surface area contributed by atoms with Crippen molar-refractivity contribution in [3.05, 3.63) is 29.3 Å². The molecule has 2 atom stereocenters. The van der Waals surface area contributed by atoms with E-state index in [4.69, 9.17) is 10.5 Å². The molecular formula is C15H22N2O. The third-order valence-electron chi connectivity index (χ3n) is 4.16. The van der Waals surface area contributed by atoms with Gasteiger partial charge in [0.2, 0.25) is 0 Å². The highest BCUT2D eigenvalue weighted by Gasteiger charge is 2.26. The number of hydrogen-bond acceptors (Lipinski definition) is 3. The monoisotopic (exact) mass is 246 g/mol. The topological polar surface area (TPSA) is 38.5 Å². The average molecular weight is 246 g/mol. The fraction of sp³-hybridized carbons (Fsp3) is 0.600. The van der Waals surface area contributed by atoms with Crippen LogP contribution in [0.1, 0.15) is 30.9 Å². The number of nitrogens with two attached hydrogens (primary N) is 1. The molecule has 0 spiro atoms. The first-order valence-corrected chi connectivity index (χ1v) is 6.96. The van der Waals surface area contributed by atoms with Crippen molar-refractivity contribution in [2.45, 2.75) is 44.9 Å². The Balaban J connectivity index is 1.64. The number of hydrogen-bond donors (Lipinski definition) is 1. The van der Waals surface area contributed by atoms with Crippen molar-refractivity contribution in [2.75, 3.05) is 18.8 Å². The molecule has 0 aromatic heterocycles. The summed E-state index contributed by atoms with van der Waals surface area (Å²) in [5.41, 5.74) is 9.73. The molecule has 2 heterocycles. The van der Waals surface area contributed by atoms with Gasteiger partial charge in [-0.25, -0.2) is 0 Å². The second-order valence-corrected chi connectivity index (χ2v) is 5.62. The standard InChI is InChI=1S/C15H22N2O/c1-11-5-6-13(18-11)10-17-8-7-14-12(9-17)3-2-4-15(14)16/h2-4,11,13H,5-10,16H2,1H3. The molecule has 0 aliphatic carbocycles. The highest BCUT2D eigenvalue weighted by Crippen LogP contribution is 2.26. The number of nitrogen functional groups attached to an aromatic ring is 1. The van der Waals surface area contributed by atoms with Gasteiger partial charge in [0.15, 0.2) is 0 Å². The summed E-state index contributed by atoms with van der Waals surface area (Å²) in [6.45, 7) is 5.37. The first-order valence-electron chi connectivity index (χ1n) is 6.96. The Morgan fingerprint density at radius 1 is 1.39 bits per heavy atom. The molecular weight excluding hydrogens is 224 g/mol. The van der Waals surface area contributed by atoms with E-state index in [1.807, 2.05) is 6.07 Å². The molecule has 18 heavy (non-hydrogen) atoms. The first-order chi connectivity index (χ1) is 8.72. The van der Waals surface area contributed by atoms with Crippen LogP contribution in [0.3, 0.4) is 0 Å². The number of benzene rings is 1. The van der Waals surface area contributed by atoms with Crippen molar-refractivity contribution in [1.82, 2.24) is 4.90 Å². The lowest BCUT2D eigenvalue weighted by Crippen LogP contribution is -2.36. The summed E-state index contributed by atoms with van der Waals surface area (Å²) >= 11 is 0. The maximum absolute atomic E-state index is 6.03. The Bertz CT molecular complexity index is 433. The minimum atomic E-state index is 0.433. The molecule has 0 radical (unpaired) electrons. The summed E-state index contributed by atoms with van der Waals surface area (Å²) in [4.78, 5) is 2.50. The van der Waals surface area contributed by atoms with Gasteiger partial charge in [0.25, 0.3) is 0 Å². The predicted octanol–water partition coefficient (Wildman–Crippen LogP) is 2.19. The normalized spacial score (nSPS) is 28.3. The lowest BCUT2D eigenvalue weighted by atomic mass is 9.97. The lowest BCUT2D eigenvalue weighted by molar-refractivity contribution is 0.0286. The van der Waals surface area contributed by atoms with E-state index in [0.717, 1.165) is 31.7 Å². The molecule has 2 aliphatic heterocycles. The number of nitrogens with zero attached hydrogens (tertiary/aromatic N) is 1. The molecule has 1 fully saturated rings. The van der Waals surface area contributed by atoms with Gasteiger partial charge in [0.05, 0.1) is 12.2 Å². The average Bonchev–Trinajstić information content (AvgIpc) is 2.75. The van der Waals surface area contributed by atoms with Crippen molar-refractivity contribution in [3.63, 3.8) is 0 Å². The molecule has 0 saturated carbocycles. The smallest absolute Gasteiger partial charge is 0.0706 e. The molecule has 3 nitrogen and oxygen atoms in total. The minimum absolute atomic E-state index is 0.433. The molecule has 3 rings (SSSR count). The zero-order chi connectivity index (χ0) is 12.5. The molecule has 0 bridgehead atoms. The largest absolute Gasteiger partial charge is 0.398 e. The summed E-state index contributed by atoms with van der Waals surface area (Å²) in [6, 6.07) is 6.28. The van der Waals surface area contributed by atoms with Gasteiger partial charge in [-0.15, -0.1) is 0 Å². The molecule has 2 aliphatic rings. The van der Waals surface area contributed by atoms with Crippen molar-refractivity contribution in [2.24, 2.45) is 0 Å². The van der Waals surface area contributed by atoms with Gasteiger partial charge in [0.1, 0.15) is 0 Å². The van der Waals surface area contributed by atoms with Crippen LogP contribution in [0.2, 0.25) is 0 Å². The van der Waals surface area contributed by atoms with Crippen LogP contribution in [-0.4, -0.2) is 30.2 Å². The minimum Gasteiger partial charge on any atom is -0.398 e. The van der Waals surface area contributed by atoms with Crippen LogP contribution in [-0.2, 0) is 17.7 Å². The molecule has 3 heteroatoms. The van der Waals surface area contributed by atoms with Crippen LogP contribution in [0, 0.1) is 0 Å². The Morgan fingerprint density at radius 3 is 3.06 bits per heavy atom. The van der Waals surface area contributed by atoms with Gasteiger partial charge in [-0.05, 0) is 43.4 Å². The third-order valence-corrected chi connectivity index (χ3v) is 4.16. The van der Waals surface area contributed by atoms with E-state index in [-0.39, 0.29) is 0 Å². The van der Waals surface area contributed by atoms with Gasteiger partial charge in [-0.3, -0.25) is 4.90 Å². The van der Waals surface area contributed by atoms with Crippen molar-refractivity contribution in [1.29, 1.82) is 0 Å². The van der Waals surface area contributed by atoms with Crippen molar-refractivity contribution in [3.8, 4) is 0 Å². The molecule has 2 unspecified atom stereocenters. The number of anilines is 1. The highest BCUT2D eigenvalue weighted by atomic mass is 16.5. The van der Waals surface area contributed by atoms with E-state index < -0.39 is 0 Å². The zero-order valence-corrected chi connectivity index (χ0v) is 11.1. The Hall–Kier alpha value is -1.06. The van der Waals surface area contributed by atoms with Crippen molar-refractivity contribution >= 4 is 5.69 Å². The Kier molecular flexibility index (Phi) is 3.27. The molecule has 1 aromatic rings. The SMILES string of the molecule is CC1CCC(CN2CCc3c(N)cccc3C2)O1. The predicted molar refractivity (Wildman–Crippen MR) is 73.4 cm³/mol. The van der Waals surface area contributed by atoms with E-state index in [0.29, 0.717) is 12.2 Å². The van der Waals surface area contributed by atoms with Crippen molar-refractivity contribution < 1.29 is 4.74 Å². The summed E-state index contributed by atoms with van der Waals surface area (Å²) in [7, 11) is 0. The van der Waals surface area contributed by atoms with Gasteiger partial charge >= 0.3 is 0 Å². The fourth-order valence-electron chi connectivity index (χ4n) is 3.16. The van der Waals surface area contributed by atoms with Crippen LogP contribution in [0.25, 0.3) is 0 Å². The second kappa shape index (κ2) is 4.90. The Labute approximate surface area is 109 Å². The quantitative estimate of drug-likeness (QED) is 0.813. The van der Waals surface area contributed by atoms with Crippen LogP contribution in [0.4, 0.5) is 5.69 Å². The molecule has 1 aromatic carbocycles. The van der Waals surface area contributed by atoms with E-state index in [1.54, 1.807) is 0 Å². The van der Waals surface area contributed by atoms with E-state index in [2.05, 4.69) is 24.0 Å². The van der Waals surface area contributed by atoms with Gasteiger partial charge in [0, 0.05) is 25.3 Å². The summed E-state index contributed by atoms with van der Waals surface area (Å²) in [6.07, 6.45) is 4.37. The number of fused-ring (bicyclic) bond motifs is 1. The molecule has 2 N–H and O–H groups in total. The Morgan fingerprint density at radius 2 is 2.28 bits per heavy atom. The molecule has 1 saturated heterocycles. The second-order valence-electron chi connectivity index (χ2n) is 5.62. The van der Waals surface area contributed by atoms with Gasteiger partial charge < -0.3 is 10.5 Å². The highest BCUT2D eigenvalue weighted by molar-refractivity contribution is 5.51. The van der Waals surface area contributed by atoms with E-state index >= 15 is 0 Å². The summed E-state index contributed by atoms with van der Waals surface area (Å²) < 4.78 is 5.91. The molecule has 0 amide bonds. The van der Waals surface area contributed by atoms with Crippen LogP contribution >= 0.6 is 0 Å². The van der Waals surface area contributed by atoms with Crippen LogP contribution in [0.5, 0.6) is 0 Å². The maximum atomic E-state index is 6.03. The van der Waals surface area contributed by atoms with E-state index in [1.165, 1.54) is 24.0 Å². The van der Waals surface area contributed by atoms with Crippen LogP contribution < -0.4 is 5.73 Å². The van der Waals surface area contributed by atoms with E-state index in [9.17, 15) is 0 Å². The third kappa shape index (κ3) is 2.38. The summed E-state index contributed by atoms with van der Waals surface area (Å²) in [5, 5.41) is 0. The number of rotatable bonds is 2. The van der Waals surface area contributed by atoms with Crippen LogP contribution in [0.15, 0.2) is 18.2 Å². The molecule has 98 valence electrons. The lowest BCUT2D eigenvalue weighted by Gasteiger charge is -2.31. The fourth-order valence-corrected chi connectivity index (χ4v) is 3.16. The zero-order valence-electron chi connectivity index (χ0n) is 11.1. The summed E-state index contributed by atoms with van der Waals surface area (Å²) in [5.74, 6) is 0. The maximum Gasteiger partial charge on any atom is 0.0706 e. The number of ether oxygens (including phenoxy) is 1.